The average molecular weight is 306 g/mol. The van der Waals surface area contributed by atoms with Crippen LogP contribution in [0.4, 0.5) is 5.82 Å². The van der Waals surface area contributed by atoms with Crippen LogP contribution in [-0.2, 0) is 0 Å². The van der Waals surface area contributed by atoms with Crippen LogP contribution >= 0.6 is 22.9 Å². The zero-order chi connectivity index (χ0) is 14.3. The molecule has 5 heteroatoms. The molecule has 2 heterocycles. The number of imidazole rings is 1. The van der Waals surface area contributed by atoms with Gasteiger partial charge in [0.25, 0.3) is 0 Å². The van der Waals surface area contributed by atoms with Crippen LogP contribution in [0, 0.1) is 0 Å². The number of nitrogens with zero attached hydrogens (tertiary/aromatic N) is 2. The fraction of sp³-hybridized carbons (Fsp3) is 0.267. The maximum Gasteiger partial charge on any atom is 0.195 e. The molecule has 0 atom stereocenters. The molecular weight excluding hydrogens is 290 g/mol. The molecule has 0 saturated carbocycles. The first kappa shape index (κ1) is 13.5. The van der Waals surface area contributed by atoms with Gasteiger partial charge in [-0.3, -0.25) is 4.40 Å². The fourth-order valence-electron chi connectivity index (χ4n) is 2.07. The molecule has 0 aliphatic rings. The summed E-state index contributed by atoms with van der Waals surface area (Å²) in [7, 11) is 0. The summed E-state index contributed by atoms with van der Waals surface area (Å²) in [5.41, 5.74) is 2.00. The van der Waals surface area contributed by atoms with Gasteiger partial charge in [-0.05, 0) is 32.9 Å². The second-order valence-corrected chi connectivity index (χ2v) is 7.06. The Hall–Kier alpha value is -1.52. The zero-order valence-corrected chi connectivity index (χ0v) is 13.2. The van der Waals surface area contributed by atoms with Gasteiger partial charge in [-0.2, -0.15) is 0 Å². The molecule has 0 fully saturated rings. The van der Waals surface area contributed by atoms with Crippen molar-refractivity contribution in [3.63, 3.8) is 0 Å². The highest BCUT2D eigenvalue weighted by molar-refractivity contribution is 7.15. The molecule has 0 amide bonds. The molecule has 0 unspecified atom stereocenters. The fourth-order valence-corrected chi connectivity index (χ4v) is 2.91. The third-order valence-corrected chi connectivity index (χ3v) is 3.88. The lowest BCUT2D eigenvalue weighted by atomic mass is 10.1. The predicted octanol–water partition coefficient (Wildman–Crippen LogP) is 4.93. The molecule has 0 aliphatic heterocycles. The average Bonchev–Trinajstić information content (AvgIpc) is 2.92. The SMILES string of the molecule is CC(C)(C)Nc1c(-c2ccc(Cl)cc2)nc2sccn12. The van der Waals surface area contributed by atoms with Crippen molar-refractivity contribution in [1.29, 1.82) is 0 Å². The van der Waals surface area contributed by atoms with Gasteiger partial charge in [0.05, 0.1) is 0 Å². The molecule has 0 radical (unpaired) electrons. The Bertz CT molecular complexity index is 735. The highest BCUT2D eigenvalue weighted by atomic mass is 35.5. The van der Waals surface area contributed by atoms with Gasteiger partial charge in [0.2, 0.25) is 0 Å². The minimum atomic E-state index is -0.0287. The van der Waals surface area contributed by atoms with Crippen molar-refractivity contribution in [2.75, 3.05) is 5.32 Å². The van der Waals surface area contributed by atoms with Crippen LogP contribution in [0.2, 0.25) is 5.02 Å². The van der Waals surface area contributed by atoms with Gasteiger partial charge in [0, 0.05) is 27.7 Å². The first-order chi connectivity index (χ1) is 9.44. The van der Waals surface area contributed by atoms with Gasteiger partial charge < -0.3 is 5.32 Å². The van der Waals surface area contributed by atoms with Crippen LogP contribution in [0.15, 0.2) is 35.8 Å². The molecule has 3 aromatic rings. The van der Waals surface area contributed by atoms with Gasteiger partial charge in [-0.1, -0.05) is 23.7 Å². The van der Waals surface area contributed by atoms with Crippen LogP contribution < -0.4 is 5.32 Å². The lowest BCUT2D eigenvalue weighted by Crippen LogP contribution is -2.27. The standard InChI is InChI=1S/C15H16ClN3S/c1-15(2,3)18-13-12(10-4-6-11(16)7-5-10)17-14-19(13)8-9-20-14/h4-9,18H,1-3H3. The number of hydrogen-bond acceptors (Lipinski definition) is 3. The van der Waals surface area contributed by atoms with Crippen LogP contribution in [0.1, 0.15) is 20.8 Å². The maximum atomic E-state index is 5.96. The number of nitrogens with one attached hydrogen (secondary N) is 1. The van der Waals surface area contributed by atoms with E-state index in [4.69, 9.17) is 16.6 Å². The molecule has 0 saturated heterocycles. The Labute approximate surface area is 127 Å². The van der Waals surface area contributed by atoms with E-state index in [0.29, 0.717) is 0 Å². The molecule has 20 heavy (non-hydrogen) atoms. The third-order valence-electron chi connectivity index (χ3n) is 2.87. The summed E-state index contributed by atoms with van der Waals surface area (Å²) in [6, 6.07) is 7.79. The van der Waals surface area contributed by atoms with E-state index < -0.39 is 0 Å². The van der Waals surface area contributed by atoms with Crippen molar-refractivity contribution >= 4 is 33.7 Å². The molecule has 104 valence electrons. The number of rotatable bonds is 2. The Morgan fingerprint density at radius 1 is 1.20 bits per heavy atom. The van der Waals surface area contributed by atoms with E-state index in [0.717, 1.165) is 27.1 Å². The second kappa shape index (κ2) is 4.79. The Morgan fingerprint density at radius 2 is 1.90 bits per heavy atom. The number of fused-ring (bicyclic) bond motifs is 1. The third kappa shape index (κ3) is 2.53. The van der Waals surface area contributed by atoms with Crippen LogP contribution in [0.5, 0.6) is 0 Å². The van der Waals surface area contributed by atoms with Crippen molar-refractivity contribution in [2.45, 2.75) is 26.3 Å². The first-order valence-corrected chi connectivity index (χ1v) is 7.69. The summed E-state index contributed by atoms with van der Waals surface area (Å²) >= 11 is 7.60. The number of anilines is 1. The van der Waals surface area contributed by atoms with E-state index >= 15 is 0 Å². The van der Waals surface area contributed by atoms with Crippen molar-refractivity contribution < 1.29 is 0 Å². The monoisotopic (exact) mass is 305 g/mol. The van der Waals surface area contributed by atoms with Gasteiger partial charge in [-0.15, -0.1) is 11.3 Å². The number of thiazole rings is 1. The normalized spacial score (nSPS) is 12.0. The highest BCUT2D eigenvalue weighted by Crippen LogP contribution is 2.32. The molecule has 0 spiro atoms. The molecule has 2 aromatic heterocycles. The van der Waals surface area contributed by atoms with E-state index in [-0.39, 0.29) is 5.54 Å². The summed E-state index contributed by atoms with van der Waals surface area (Å²) in [6.07, 6.45) is 2.04. The molecule has 0 bridgehead atoms. The van der Waals surface area contributed by atoms with E-state index in [9.17, 15) is 0 Å². The van der Waals surface area contributed by atoms with E-state index in [1.807, 2.05) is 35.8 Å². The van der Waals surface area contributed by atoms with Crippen molar-refractivity contribution in [3.8, 4) is 11.3 Å². The Kier molecular flexibility index (Phi) is 3.22. The summed E-state index contributed by atoms with van der Waals surface area (Å²) < 4.78 is 2.10. The largest absolute Gasteiger partial charge is 0.365 e. The lowest BCUT2D eigenvalue weighted by molar-refractivity contribution is 0.630. The first-order valence-electron chi connectivity index (χ1n) is 6.44. The Morgan fingerprint density at radius 3 is 2.55 bits per heavy atom. The highest BCUT2D eigenvalue weighted by Gasteiger charge is 2.19. The minimum Gasteiger partial charge on any atom is -0.365 e. The smallest absolute Gasteiger partial charge is 0.195 e. The summed E-state index contributed by atoms with van der Waals surface area (Å²) in [4.78, 5) is 5.72. The number of halogens is 1. The van der Waals surface area contributed by atoms with E-state index in [1.54, 1.807) is 11.3 Å². The molecule has 1 aromatic carbocycles. The quantitative estimate of drug-likeness (QED) is 0.727. The van der Waals surface area contributed by atoms with Gasteiger partial charge in [-0.25, -0.2) is 4.98 Å². The summed E-state index contributed by atoms with van der Waals surface area (Å²) in [5.74, 6) is 1.02. The number of hydrogen-bond donors (Lipinski definition) is 1. The molecule has 3 rings (SSSR count). The zero-order valence-electron chi connectivity index (χ0n) is 11.6. The number of aromatic nitrogens is 2. The second-order valence-electron chi connectivity index (χ2n) is 5.75. The van der Waals surface area contributed by atoms with E-state index in [1.165, 1.54) is 0 Å². The van der Waals surface area contributed by atoms with Crippen molar-refractivity contribution in [3.05, 3.63) is 40.9 Å². The number of benzene rings is 1. The van der Waals surface area contributed by atoms with Gasteiger partial charge >= 0.3 is 0 Å². The minimum absolute atomic E-state index is 0.0287. The van der Waals surface area contributed by atoms with Crippen molar-refractivity contribution in [2.24, 2.45) is 0 Å². The Balaban J connectivity index is 2.16. The van der Waals surface area contributed by atoms with Crippen molar-refractivity contribution in [1.82, 2.24) is 9.38 Å². The molecule has 3 nitrogen and oxygen atoms in total. The van der Waals surface area contributed by atoms with E-state index in [2.05, 4.69) is 30.5 Å². The molecule has 1 N–H and O–H groups in total. The van der Waals surface area contributed by atoms with Crippen LogP contribution in [0.3, 0.4) is 0 Å². The summed E-state index contributed by atoms with van der Waals surface area (Å²) in [6.45, 7) is 6.43. The van der Waals surface area contributed by atoms with Crippen LogP contribution in [0.25, 0.3) is 16.2 Å². The lowest BCUT2D eigenvalue weighted by Gasteiger charge is -2.22. The molecule has 0 aliphatic carbocycles. The van der Waals surface area contributed by atoms with Crippen LogP contribution in [-0.4, -0.2) is 14.9 Å². The van der Waals surface area contributed by atoms with Gasteiger partial charge in [0.15, 0.2) is 4.96 Å². The topological polar surface area (TPSA) is 29.3 Å². The molecular formula is C15H16ClN3S. The summed E-state index contributed by atoms with van der Waals surface area (Å²) in [5, 5.41) is 6.33. The maximum absolute atomic E-state index is 5.96. The van der Waals surface area contributed by atoms with Gasteiger partial charge in [0.1, 0.15) is 11.5 Å². The predicted molar refractivity (Wildman–Crippen MR) is 86.9 cm³/mol.